The molecule has 96 valence electrons. The van der Waals surface area contributed by atoms with Gasteiger partial charge in [0.05, 0.1) is 6.04 Å². The summed E-state index contributed by atoms with van der Waals surface area (Å²) in [6, 6.07) is 2.11. The molecule has 0 fully saturated rings. The van der Waals surface area contributed by atoms with E-state index in [9.17, 15) is 0 Å². The number of aromatic nitrogens is 1. The second-order valence-corrected chi connectivity index (χ2v) is 4.07. The van der Waals surface area contributed by atoms with E-state index in [-0.39, 0.29) is 12.3 Å². The molecular weight excluding hydrogens is 216 g/mol. The largest absolute Gasteiger partial charge is 0.354 e. The van der Waals surface area contributed by atoms with E-state index in [2.05, 4.69) is 23.3 Å². The molecule has 0 radical (unpaired) electrons. The predicted octanol–water partition coefficient (Wildman–Crippen LogP) is 2.05. The maximum absolute atomic E-state index is 5.34. The second-order valence-electron chi connectivity index (χ2n) is 4.07. The van der Waals surface area contributed by atoms with Crippen molar-refractivity contribution in [3.8, 4) is 0 Å². The van der Waals surface area contributed by atoms with Gasteiger partial charge in [-0.2, -0.15) is 0 Å². The molecule has 0 saturated heterocycles. The molecule has 1 rings (SSSR count). The topological polar surface area (TPSA) is 43.4 Å². The van der Waals surface area contributed by atoms with Gasteiger partial charge in [0.25, 0.3) is 0 Å². The van der Waals surface area contributed by atoms with Gasteiger partial charge in [0.2, 0.25) is 0 Å². The highest BCUT2D eigenvalue weighted by Gasteiger charge is 2.22. The molecule has 1 aromatic heterocycles. The molecule has 0 aliphatic carbocycles. The van der Waals surface area contributed by atoms with Crippen LogP contribution in [-0.2, 0) is 9.47 Å². The number of ether oxygens (including phenoxy) is 2. The number of hydrogen-bond donors (Lipinski definition) is 1. The van der Waals surface area contributed by atoms with Crippen LogP contribution in [0.3, 0.4) is 0 Å². The third-order valence-corrected chi connectivity index (χ3v) is 2.61. The van der Waals surface area contributed by atoms with Crippen molar-refractivity contribution in [2.75, 3.05) is 20.8 Å². The van der Waals surface area contributed by atoms with Crippen LogP contribution in [0.1, 0.15) is 30.5 Å². The number of nitrogens with zero attached hydrogens (tertiary/aromatic N) is 1. The molecule has 0 aliphatic rings. The lowest BCUT2D eigenvalue weighted by Crippen LogP contribution is -2.35. The summed E-state index contributed by atoms with van der Waals surface area (Å²) in [7, 11) is 3.30. The first-order chi connectivity index (χ1) is 8.22. The number of aryl methyl sites for hydroxylation is 1. The third kappa shape index (κ3) is 4.07. The normalized spacial score (nSPS) is 13.0. The number of hydrogen-bond acceptors (Lipinski definition) is 4. The minimum atomic E-state index is -0.301. The Morgan fingerprint density at radius 1 is 1.29 bits per heavy atom. The summed E-state index contributed by atoms with van der Waals surface area (Å²) >= 11 is 0. The van der Waals surface area contributed by atoms with Gasteiger partial charge in [-0.05, 0) is 31.0 Å². The summed E-state index contributed by atoms with van der Waals surface area (Å²) in [6.45, 7) is 5.08. The van der Waals surface area contributed by atoms with Crippen molar-refractivity contribution < 1.29 is 9.47 Å². The molecule has 0 aromatic carbocycles. The Hall–Kier alpha value is -0.970. The monoisotopic (exact) mass is 238 g/mol. The Bertz CT molecular complexity index is 327. The van der Waals surface area contributed by atoms with Gasteiger partial charge in [0.15, 0.2) is 6.29 Å². The maximum Gasteiger partial charge on any atom is 0.176 e. The summed E-state index contributed by atoms with van der Waals surface area (Å²) < 4.78 is 10.7. The molecule has 17 heavy (non-hydrogen) atoms. The van der Waals surface area contributed by atoms with Crippen LogP contribution in [0, 0.1) is 6.92 Å². The molecule has 1 heterocycles. The lowest BCUT2D eigenvalue weighted by molar-refractivity contribution is -0.124. The summed E-state index contributed by atoms with van der Waals surface area (Å²) in [5.41, 5.74) is 2.23. The van der Waals surface area contributed by atoms with Crippen LogP contribution >= 0.6 is 0 Å². The fraction of sp³-hybridized carbons (Fsp3) is 0.615. The van der Waals surface area contributed by atoms with E-state index in [0.29, 0.717) is 0 Å². The van der Waals surface area contributed by atoms with Crippen molar-refractivity contribution in [1.29, 1.82) is 0 Å². The fourth-order valence-electron chi connectivity index (χ4n) is 1.79. The molecule has 0 bridgehead atoms. The summed E-state index contributed by atoms with van der Waals surface area (Å²) in [5.74, 6) is 0. The van der Waals surface area contributed by atoms with E-state index in [1.54, 1.807) is 14.2 Å². The van der Waals surface area contributed by atoms with Crippen molar-refractivity contribution in [3.05, 3.63) is 29.6 Å². The average molecular weight is 238 g/mol. The molecule has 0 amide bonds. The molecule has 0 spiro atoms. The van der Waals surface area contributed by atoms with Crippen LogP contribution in [0.5, 0.6) is 0 Å². The highest BCUT2D eigenvalue weighted by atomic mass is 16.7. The van der Waals surface area contributed by atoms with Gasteiger partial charge in [0.1, 0.15) is 0 Å². The number of nitrogens with one attached hydrogen (secondary N) is 1. The van der Waals surface area contributed by atoms with Crippen LogP contribution in [0.25, 0.3) is 0 Å². The fourth-order valence-corrected chi connectivity index (χ4v) is 1.79. The van der Waals surface area contributed by atoms with Crippen molar-refractivity contribution in [2.45, 2.75) is 32.6 Å². The lowest BCUT2D eigenvalue weighted by Gasteiger charge is -2.26. The van der Waals surface area contributed by atoms with Gasteiger partial charge in [-0.15, -0.1) is 0 Å². The van der Waals surface area contributed by atoms with Gasteiger partial charge >= 0.3 is 0 Å². The third-order valence-electron chi connectivity index (χ3n) is 2.61. The molecule has 1 atom stereocenters. The number of pyridine rings is 1. The van der Waals surface area contributed by atoms with Crippen LogP contribution in [0.2, 0.25) is 0 Å². The first-order valence-electron chi connectivity index (χ1n) is 5.93. The van der Waals surface area contributed by atoms with Crippen molar-refractivity contribution >= 4 is 0 Å². The molecule has 0 aliphatic heterocycles. The molecule has 1 aromatic rings. The highest BCUT2D eigenvalue weighted by molar-refractivity contribution is 5.20. The zero-order valence-corrected chi connectivity index (χ0v) is 11.1. The van der Waals surface area contributed by atoms with Crippen molar-refractivity contribution in [2.24, 2.45) is 0 Å². The van der Waals surface area contributed by atoms with E-state index >= 15 is 0 Å². The van der Waals surface area contributed by atoms with Gasteiger partial charge in [0, 0.05) is 26.6 Å². The van der Waals surface area contributed by atoms with Crippen molar-refractivity contribution in [3.63, 3.8) is 0 Å². The minimum Gasteiger partial charge on any atom is -0.354 e. The smallest absolute Gasteiger partial charge is 0.176 e. The Morgan fingerprint density at radius 3 is 2.53 bits per heavy atom. The summed E-state index contributed by atoms with van der Waals surface area (Å²) in [5, 5.41) is 3.42. The molecule has 0 saturated carbocycles. The van der Waals surface area contributed by atoms with E-state index in [4.69, 9.17) is 9.47 Å². The standard InChI is InChI=1S/C13H22N2O2/c1-5-6-15-12(13(16-3)17-4)11-7-10(2)8-14-9-11/h7-9,12-13,15H,5-6H2,1-4H3. The molecule has 1 unspecified atom stereocenters. The molecular formula is C13H22N2O2. The first-order valence-corrected chi connectivity index (χ1v) is 5.93. The number of methoxy groups -OCH3 is 2. The van der Waals surface area contributed by atoms with E-state index in [0.717, 1.165) is 24.1 Å². The Kier molecular flexibility index (Phi) is 6.11. The number of rotatable bonds is 7. The minimum absolute atomic E-state index is 0.0114. The highest BCUT2D eigenvalue weighted by Crippen LogP contribution is 2.19. The summed E-state index contributed by atoms with van der Waals surface area (Å²) in [4.78, 5) is 4.21. The van der Waals surface area contributed by atoms with Gasteiger partial charge in [-0.1, -0.05) is 13.0 Å². The maximum atomic E-state index is 5.34. The van der Waals surface area contributed by atoms with Crippen LogP contribution in [-0.4, -0.2) is 32.0 Å². The quantitative estimate of drug-likeness (QED) is 0.738. The van der Waals surface area contributed by atoms with E-state index < -0.39 is 0 Å². The van der Waals surface area contributed by atoms with Crippen LogP contribution in [0.4, 0.5) is 0 Å². The molecule has 1 N–H and O–H groups in total. The van der Waals surface area contributed by atoms with Gasteiger partial charge in [-0.3, -0.25) is 4.98 Å². The van der Waals surface area contributed by atoms with E-state index in [1.165, 1.54) is 0 Å². The molecule has 4 heteroatoms. The van der Waals surface area contributed by atoms with Crippen molar-refractivity contribution in [1.82, 2.24) is 10.3 Å². The second kappa shape index (κ2) is 7.37. The zero-order chi connectivity index (χ0) is 12.7. The van der Waals surface area contributed by atoms with E-state index in [1.807, 2.05) is 19.3 Å². The Morgan fingerprint density at radius 2 is 2.00 bits per heavy atom. The van der Waals surface area contributed by atoms with Gasteiger partial charge < -0.3 is 14.8 Å². The lowest BCUT2D eigenvalue weighted by atomic mass is 10.1. The average Bonchev–Trinajstić information content (AvgIpc) is 2.34. The van der Waals surface area contributed by atoms with Crippen LogP contribution < -0.4 is 5.32 Å². The first kappa shape index (κ1) is 14.1. The van der Waals surface area contributed by atoms with Gasteiger partial charge in [-0.25, -0.2) is 0 Å². The Labute approximate surface area is 103 Å². The summed E-state index contributed by atoms with van der Waals surface area (Å²) in [6.07, 6.45) is 4.46. The SMILES string of the molecule is CCCNC(c1cncc(C)c1)C(OC)OC. The van der Waals surface area contributed by atoms with Crippen LogP contribution in [0.15, 0.2) is 18.5 Å². The Balaban J connectivity index is 2.88. The zero-order valence-electron chi connectivity index (χ0n) is 11.1. The predicted molar refractivity (Wildman–Crippen MR) is 67.8 cm³/mol. The molecule has 4 nitrogen and oxygen atoms in total.